The molecular formula is C13H15N3O3. The lowest BCUT2D eigenvalue weighted by atomic mass is 10.2. The van der Waals surface area contributed by atoms with Crippen LogP contribution >= 0.6 is 0 Å². The highest BCUT2D eigenvalue weighted by Crippen LogP contribution is 2.21. The number of carbonyl (C=O) groups is 2. The van der Waals surface area contributed by atoms with Crippen LogP contribution in [0.3, 0.4) is 0 Å². The van der Waals surface area contributed by atoms with Crippen LogP contribution in [0.25, 0.3) is 11.0 Å². The fraction of sp³-hybridized carbons (Fsp3) is 0.231. The van der Waals surface area contributed by atoms with Crippen LogP contribution in [-0.2, 0) is 4.79 Å². The summed E-state index contributed by atoms with van der Waals surface area (Å²) in [4.78, 5) is 22.8. The summed E-state index contributed by atoms with van der Waals surface area (Å²) in [5.74, 6) is -0.270. The summed E-state index contributed by atoms with van der Waals surface area (Å²) in [6.45, 7) is 0.262. The molecule has 19 heavy (non-hydrogen) atoms. The van der Waals surface area contributed by atoms with Gasteiger partial charge in [0.2, 0.25) is 5.91 Å². The Bertz CT molecular complexity index is 619. The van der Waals surface area contributed by atoms with E-state index in [0.717, 1.165) is 5.39 Å². The molecule has 2 aromatic rings. The number of hydrogen-bond acceptors (Lipinski definition) is 4. The van der Waals surface area contributed by atoms with Crippen LogP contribution in [0, 0.1) is 0 Å². The molecule has 2 amide bonds. The second kappa shape index (κ2) is 5.43. The first-order valence-electron chi connectivity index (χ1n) is 5.88. The van der Waals surface area contributed by atoms with Gasteiger partial charge < -0.3 is 20.8 Å². The maximum Gasteiger partial charge on any atom is 0.287 e. The van der Waals surface area contributed by atoms with Gasteiger partial charge in [-0.2, -0.15) is 0 Å². The average Bonchev–Trinajstić information content (AvgIpc) is 2.81. The minimum absolute atomic E-state index is 0.127. The summed E-state index contributed by atoms with van der Waals surface area (Å²) in [5, 5.41) is 5.87. The third-order valence-corrected chi connectivity index (χ3v) is 2.68. The molecule has 0 radical (unpaired) electrons. The van der Waals surface area contributed by atoms with Crippen LogP contribution in [0.4, 0.5) is 5.69 Å². The van der Waals surface area contributed by atoms with Crippen molar-refractivity contribution in [1.29, 1.82) is 0 Å². The summed E-state index contributed by atoms with van der Waals surface area (Å²) in [7, 11) is 1.55. The summed E-state index contributed by atoms with van der Waals surface area (Å²) in [6, 6.07) is 6.78. The topological polar surface area (TPSA) is 97.4 Å². The molecule has 0 aliphatic rings. The van der Waals surface area contributed by atoms with Crippen molar-refractivity contribution in [2.45, 2.75) is 6.42 Å². The Balaban J connectivity index is 2.03. The van der Waals surface area contributed by atoms with E-state index in [4.69, 9.17) is 10.2 Å². The van der Waals surface area contributed by atoms with Crippen LogP contribution in [-0.4, -0.2) is 25.4 Å². The number of nitrogens with one attached hydrogen (secondary N) is 2. The summed E-state index contributed by atoms with van der Waals surface area (Å²) >= 11 is 0. The van der Waals surface area contributed by atoms with Gasteiger partial charge in [0.05, 0.1) is 0 Å². The zero-order valence-electron chi connectivity index (χ0n) is 10.5. The summed E-state index contributed by atoms with van der Waals surface area (Å²) < 4.78 is 5.40. The monoisotopic (exact) mass is 261 g/mol. The Hall–Kier alpha value is -2.50. The molecule has 6 heteroatoms. The van der Waals surface area contributed by atoms with Crippen molar-refractivity contribution in [3.63, 3.8) is 0 Å². The largest absolute Gasteiger partial charge is 0.451 e. The maximum atomic E-state index is 11.8. The molecule has 0 atom stereocenters. The number of amides is 2. The van der Waals surface area contributed by atoms with Crippen molar-refractivity contribution in [2.24, 2.45) is 0 Å². The second-order valence-electron chi connectivity index (χ2n) is 4.09. The van der Waals surface area contributed by atoms with Crippen LogP contribution in [0.15, 0.2) is 28.7 Å². The van der Waals surface area contributed by atoms with E-state index < -0.39 is 0 Å². The Kier molecular flexibility index (Phi) is 3.70. The molecule has 6 nitrogen and oxygen atoms in total. The molecular weight excluding hydrogens is 246 g/mol. The van der Waals surface area contributed by atoms with Crippen molar-refractivity contribution in [3.05, 3.63) is 30.0 Å². The number of hydrogen-bond donors (Lipinski definition) is 3. The zero-order valence-corrected chi connectivity index (χ0v) is 10.5. The molecule has 0 saturated carbocycles. The number of anilines is 1. The maximum absolute atomic E-state index is 11.8. The fourth-order valence-electron chi connectivity index (χ4n) is 1.68. The van der Waals surface area contributed by atoms with Crippen LogP contribution < -0.4 is 16.4 Å². The summed E-state index contributed by atoms with van der Waals surface area (Å²) in [5.41, 5.74) is 6.86. The Morgan fingerprint density at radius 1 is 1.32 bits per heavy atom. The Morgan fingerprint density at radius 3 is 2.84 bits per heavy atom. The number of furan rings is 1. The molecule has 0 spiro atoms. The first-order chi connectivity index (χ1) is 9.10. The van der Waals surface area contributed by atoms with Gasteiger partial charge in [-0.15, -0.1) is 0 Å². The number of nitrogen functional groups attached to an aromatic ring is 1. The molecule has 2 rings (SSSR count). The lowest BCUT2D eigenvalue weighted by Crippen LogP contribution is -2.28. The quantitative estimate of drug-likeness (QED) is 0.712. The van der Waals surface area contributed by atoms with E-state index in [0.29, 0.717) is 11.3 Å². The third kappa shape index (κ3) is 3.04. The third-order valence-electron chi connectivity index (χ3n) is 2.68. The van der Waals surface area contributed by atoms with Gasteiger partial charge in [-0.05, 0) is 24.3 Å². The smallest absolute Gasteiger partial charge is 0.287 e. The van der Waals surface area contributed by atoms with Gasteiger partial charge in [0, 0.05) is 31.1 Å². The van der Waals surface area contributed by atoms with Gasteiger partial charge >= 0.3 is 0 Å². The minimum atomic E-state index is -0.348. The van der Waals surface area contributed by atoms with Crippen LogP contribution in [0.1, 0.15) is 17.0 Å². The number of rotatable bonds is 4. The van der Waals surface area contributed by atoms with E-state index in [1.54, 1.807) is 31.3 Å². The molecule has 0 fully saturated rings. The predicted molar refractivity (Wildman–Crippen MR) is 71.6 cm³/mol. The Labute approximate surface area is 109 Å². The molecule has 0 aliphatic carbocycles. The highest BCUT2D eigenvalue weighted by Gasteiger charge is 2.12. The van der Waals surface area contributed by atoms with Gasteiger partial charge in [-0.1, -0.05) is 0 Å². The number of nitrogens with two attached hydrogens (primary N) is 1. The molecule has 1 aromatic carbocycles. The lowest BCUT2D eigenvalue weighted by molar-refractivity contribution is -0.120. The van der Waals surface area contributed by atoms with Crippen molar-refractivity contribution in [3.8, 4) is 0 Å². The van der Waals surface area contributed by atoms with E-state index in [2.05, 4.69) is 10.6 Å². The van der Waals surface area contributed by atoms with Gasteiger partial charge in [-0.3, -0.25) is 9.59 Å². The van der Waals surface area contributed by atoms with Gasteiger partial charge in [0.1, 0.15) is 5.58 Å². The van der Waals surface area contributed by atoms with Crippen LogP contribution in [0.2, 0.25) is 0 Å². The predicted octanol–water partition coefficient (Wildman–Crippen LogP) is 0.881. The zero-order chi connectivity index (χ0) is 13.8. The molecule has 0 unspecified atom stereocenters. The fourth-order valence-corrected chi connectivity index (χ4v) is 1.68. The molecule has 4 N–H and O–H groups in total. The van der Waals surface area contributed by atoms with Gasteiger partial charge in [0.25, 0.3) is 5.91 Å². The first kappa shape index (κ1) is 12.9. The van der Waals surface area contributed by atoms with E-state index in [-0.39, 0.29) is 30.5 Å². The number of carbonyl (C=O) groups excluding carboxylic acids is 2. The lowest BCUT2D eigenvalue weighted by Gasteiger charge is -2.01. The highest BCUT2D eigenvalue weighted by molar-refractivity contribution is 5.96. The van der Waals surface area contributed by atoms with Crippen molar-refractivity contribution >= 4 is 28.5 Å². The first-order valence-corrected chi connectivity index (χ1v) is 5.88. The molecule has 1 aromatic heterocycles. The van der Waals surface area contributed by atoms with E-state index >= 15 is 0 Å². The minimum Gasteiger partial charge on any atom is -0.451 e. The Morgan fingerprint density at radius 2 is 2.11 bits per heavy atom. The molecule has 1 heterocycles. The molecule has 0 saturated heterocycles. The normalized spacial score (nSPS) is 10.4. The average molecular weight is 261 g/mol. The van der Waals surface area contributed by atoms with Crippen LogP contribution in [0.5, 0.6) is 0 Å². The van der Waals surface area contributed by atoms with E-state index in [1.165, 1.54) is 0 Å². The van der Waals surface area contributed by atoms with Crippen molar-refractivity contribution in [1.82, 2.24) is 10.6 Å². The molecule has 0 aliphatic heterocycles. The number of benzene rings is 1. The van der Waals surface area contributed by atoms with Gasteiger partial charge in [-0.25, -0.2) is 0 Å². The summed E-state index contributed by atoms with van der Waals surface area (Å²) in [6.07, 6.45) is 0.232. The van der Waals surface area contributed by atoms with E-state index in [9.17, 15) is 9.59 Å². The second-order valence-corrected chi connectivity index (χ2v) is 4.09. The van der Waals surface area contributed by atoms with Gasteiger partial charge in [0.15, 0.2) is 5.76 Å². The number of fused-ring (bicyclic) bond motifs is 1. The molecule has 0 bridgehead atoms. The van der Waals surface area contributed by atoms with Crippen molar-refractivity contribution < 1.29 is 14.0 Å². The van der Waals surface area contributed by atoms with Crippen molar-refractivity contribution in [2.75, 3.05) is 19.3 Å². The van der Waals surface area contributed by atoms with E-state index in [1.807, 2.05) is 0 Å². The SMILES string of the molecule is CNC(=O)CCNC(=O)c1cc2cc(N)ccc2o1. The highest BCUT2D eigenvalue weighted by atomic mass is 16.3. The standard InChI is InChI=1S/C13H15N3O3/c1-15-12(17)4-5-16-13(18)11-7-8-6-9(14)2-3-10(8)19-11/h2-3,6-7H,4-5,14H2,1H3,(H,15,17)(H,16,18). The molecule has 100 valence electrons.